The minimum Gasteiger partial charge on any atom is -0.411 e. The van der Waals surface area contributed by atoms with E-state index in [0.29, 0.717) is 11.8 Å². The summed E-state index contributed by atoms with van der Waals surface area (Å²) in [7, 11) is 0. The molecule has 3 heteroatoms. The van der Waals surface area contributed by atoms with E-state index in [2.05, 4.69) is 19.0 Å². The fourth-order valence-corrected chi connectivity index (χ4v) is 3.19. The highest BCUT2D eigenvalue weighted by Crippen LogP contribution is 2.55. The molecule has 0 aromatic heterocycles. The van der Waals surface area contributed by atoms with Crippen molar-refractivity contribution < 1.29 is 5.21 Å². The zero-order valence-corrected chi connectivity index (χ0v) is 8.17. The summed E-state index contributed by atoms with van der Waals surface area (Å²) in [5, 5.41) is 12.5. The smallest absolute Gasteiger partial charge is 0.0675 e. The second kappa shape index (κ2) is 2.38. The van der Waals surface area contributed by atoms with Gasteiger partial charge in [0.1, 0.15) is 0 Å². The van der Waals surface area contributed by atoms with Crippen LogP contribution in [0.25, 0.3) is 0 Å². The Hall–Kier alpha value is -0.240. The summed E-state index contributed by atoms with van der Waals surface area (Å²) in [5.74, 6) is 0.951. The monoisotopic (exact) mass is 187 g/mol. The summed E-state index contributed by atoms with van der Waals surface area (Å²) < 4.78 is 0. The van der Waals surface area contributed by atoms with Crippen LogP contribution in [0.1, 0.15) is 26.7 Å². The Kier molecular flexibility index (Phi) is 1.66. The highest BCUT2D eigenvalue weighted by molar-refractivity contribution is 6.23. The van der Waals surface area contributed by atoms with E-state index in [4.69, 9.17) is 16.8 Å². The maximum Gasteiger partial charge on any atom is 0.0675 e. The molecule has 3 unspecified atom stereocenters. The topological polar surface area (TPSA) is 32.6 Å². The third-order valence-electron chi connectivity index (χ3n) is 3.62. The van der Waals surface area contributed by atoms with Crippen molar-refractivity contribution in [2.75, 3.05) is 0 Å². The van der Waals surface area contributed by atoms with Crippen LogP contribution in [-0.4, -0.2) is 16.3 Å². The van der Waals surface area contributed by atoms with Crippen LogP contribution in [-0.2, 0) is 0 Å². The van der Waals surface area contributed by atoms with Crippen LogP contribution in [0.15, 0.2) is 5.16 Å². The predicted octanol–water partition coefficient (Wildman–Crippen LogP) is 2.49. The molecule has 3 atom stereocenters. The molecule has 0 aliphatic heterocycles. The molecule has 2 fully saturated rings. The average Bonchev–Trinajstić information content (AvgIpc) is 2.43. The standard InChI is InChI=1S/C9H14ClNO/c1-9(2)5-3-6(7(10)4-5)8(9)11-12/h5-7,12H,3-4H2,1-2H3/b11-8+. The Balaban J connectivity index is 2.36. The molecule has 2 aliphatic rings. The minimum atomic E-state index is 0.0742. The van der Waals surface area contributed by atoms with Crippen LogP contribution in [0, 0.1) is 17.3 Å². The highest BCUT2D eigenvalue weighted by atomic mass is 35.5. The van der Waals surface area contributed by atoms with Gasteiger partial charge in [0.15, 0.2) is 0 Å². The molecular formula is C9H14ClNO. The second-order valence-corrected chi connectivity index (χ2v) is 5.06. The molecule has 2 aliphatic carbocycles. The lowest BCUT2D eigenvalue weighted by molar-refractivity contribution is 0.285. The highest BCUT2D eigenvalue weighted by Gasteiger charge is 2.54. The molecule has 0 saturated heterocycles. The van der Waals surface area contributed by atoms with Crippen LogP contribution in [0.3, 0.4) is 0 Å². The third-order valence-corrected chi connectivity index (χ3v) is 4.11. The molecule has 0 aromatic rings. The van der Waals surface area contributed by atoms with Gasteiger partial charge in [0.25, 0.3) is 0 Å². The Bertz CT molecular complexity index is 237. The molecule has 0 radical (unpaired) electrons. The van der Waals surface area contributed by atoms with Gasteiger partial charge in [0.2, 0.25) is 0 Å². The van der Waals surface area contributed by atoms with Crippen LogP contribution in [0.2, 0.25) is 0 Å². The lowest BCUT2D eigenvalue weighted by Gasteiger charge is -2.32. The van der Waals surface area contributed by atoms with E-state index in [9.17, 15) is 0 Å². The first-order valence-electron chi connectivity index (χ1n) is 4.44. The molecule has 0 aromatic carbocycles. The Morgan fingerprint density at radius 1 is 1.50 bits per heavy atom. The van der Waals surface area contributed by atoms with Crippen LogP contribution >= 0.6 is 11.6 Å². The largest absolute Gasteiger partial charge is 0.411 e. The molecule has 2 rings (SSSR count). The molecule has 2 bridgehead atoms. The van der Waals surface area contributed by atoms with Gasteiger partial charge in [-0.2, -0.15) is 0 Å². The Morgan fingerprint density at radius 2 is 2.17 bits per heavy atom. The van der Waals surface area contributed by atoms with E-state index in [1.54, 1.807) is 0 Å². The number of halogens is 1. The summed E-state index contributed by atoms with van der Waals surface area (Å²) in [6.07, 6.45) is 2.19. The fourth-order valence-electron chi connectivity index (χ4n) is 2.75. The number of nitrogens with zero attached hydrogens (tertiary/aromatic N) is 1. The quantitative estimate of drug-likeness (QED) is 0.353. The van der Waals surface area contributed by atoms with Gasteiger partial charge in [-0.25, -0.2) is 0 Å². The van der Waals surface area contributed by atoms with Crippen LogP contribution < -0.4 is 0 Å². The summed E-state index contributed by atoms with van der Waals surface area (Å²) in [6, 6.07) is 0. The average molecular weight is 188 g/mol. The number of hydrogen-bond acceptors (Lipinski definition) is 2. The van der Waals surface area contributed by atoms with Crippen molar-refractivity contribution in [3.63, 3.8) is 0 Å². The summed E-state index contributed by atoms with van der Waals surface area (Å²) in [6.45, 7) is 4.30. The first-order chi connectivity index (χ1) is 5.57. The van der Waals surface area contributed by atoms with Crippen molar-refractivity contribution in [1.82, 2.24) is 0 Å². The molecule has 0 spiro atoms. The van der Waals surface area contributed by atoms with Gasteiger partial charge in [-0.15, -0.1) is 11.6 Å². The Labute approximate surface area is 77.6 Å². The zero-order valence-electron chi connectivity index (χ0n) is 7.42. The van der Waals surface area contributed by atoms with E-state index in [-0.39, 0.29) is 10.8 Å². The van der Waals surface area contributed by atoms with Gasteiger partial charge in [0.05, 0.1) is 5.71 Å². The van der Waals surface area contributed by atoms with Crippen molar-refractivity contribution in [3.8, 4) is 0 Å². The number of hydrogen-bond donors (Lipinski definition) is 1. The normalized spacial score (nSPS) is 47.2. The van der Waals surface area contributed by atoms with Gasteiger partial charge in [-0.05, 0) is 18.8 Å². The maximum atomic E-state index is 8.87. The minimum absolute atomic E-state index is 0.0742. The molecular weight excluding hydrogens is 174 g/mol. The third kappa shape index (κ3) is 0.846. The van der Waals surface area contributed by atoms with Crippen LogP contribution in [0.4, 0.5) is 0 Å². The van der Waals surface area contributed by atoms with E-state index in [1.165, 1.54) is 0 Å². The van der Waals surface area contributed by atoms with Crippen molar-refractivity contribution >= 4 is 17.3 Å². The Morgan fingerprint density at radius 3 is 2.58 bits per heavy atom. The number of rotatable bonds is 0. The second-order valence-electron chi connectivity index (χ2n) is 4.50. The maximum absolute atomic E-state index is 8.87. The zero-order chi connectivity index (χ0) is 8.93. The van der Waals surface area contributed by atoms with Gasteiger partial charge in [0, 0.05) is 16.7 Å². The van der Waals surface area contributed by atoms with Crippen LogP contribution in [0.5, 0.6) is 0 Å². The lowest BCUT2D eigenvalue weighted by Crippen LogP contribution is -2.35. The number of oxime groups is 1. The lowest BCUT2D eigenvalue weighted by atomic mass is 9.75. The van der Waals surface area contributed by atoms with E-state index in [1.807, 2.05) is 0 Å². The predicted molar refractivity (Wildman–Crippen MR) is 48.9 cm³/mol. The SMILES string of the molecule is CC1(C)/C(=N/O)C2CC1CC2Cl. The van der Waals surface area contributed by atoms with Gasteiger partial charge >= 0.3 is 0 Å². The fraction of sp³-hybridized carbons (Fsp3) is 0.889. The van der Waals surface area contributed by atoms with Crippen molar-refractivity contribution in [2.45, 2.75) is 32.1 Å². The summed E-state index contributed by atoms with van der Waals surface area (Å²) in [4.78, 5) is 0. The van der Waals surface area contributed by atoms with Gasteiger partial charge < -0.3 is 5.21 Å². The van der Waals surface area contributed by atoms with Crippen molar-refractivity contribution in [3.05, 3.63) is 0 Å². The molecule has 0 amide bonds. The molecule has 2 saturated carbocycles. The van der Waals surface area contributed by atoms with E-state index in [0.717, 1.165) is 18.6 Å². The molecule has 12 heavy (non-hydrogen) atoms. The van der Waals surface area contributed by atoms with E-state index < -0.39 is 0 Å². The molecule has 0 heterocycles. The number of alkyl halides is 1. The van der Waals surface area contributed by atoms with Crippen molar-refractivity contribution in [1.29, 1.82) is 0 Å². The first kappa shape index (κ1) is 8.36. The summed E-state index contributed by atoms with van der Waals surface area (Å²) >= 11 is 6.12. The molecule has 68 valence electrons. The molecule has 1 N–H and O–H groups in total. The number of fused-ring (bicyclic) bond motifs is 2. The van der Waals surface area contributed by atoms with E-state index >= 15 is 0 Å². The molecule has 2 nitrogen and oxygen atoms in total. The van der Waals surface area contributed by atoms with Crippen molar-refractivity contribution in [2.24, 2.45) is 22.4 Å². The van der Waals surface area contributed by atoms with Gasteiger partial charge in [-0.3, -0.25) is 0 Å². The van der Waals surface area contributed by atoms with Gasteiger partial charge in [-0.1, -0.05) is 19.0 Å². The summed E-state index contributed by atoms with van der Waals surface area (Å²) in [5.41, 5.74) is 0.990. The first-order valence-corrected chi connectivity index (χ1v) is 4.87.